The number of hydroxylamine groups is 2. The van der Waals surface area contributed by atoms with Crippen LogP contribution < -0.4 is 10.5 Å². The Morgan fingerprint density at radius 3 is 2.65 bits per heavy atom. The predicted molar refractivity (Wildman–Crippen MR) is 95.2 cm³/mol. The molecule has 2 atom stereocenters. The Labute approximate surface area is 153 Å². The van der Waals surface area contributed by atoms with Gasteiger partial charge >= 0.3 is 0 Å². The molecule has 0 aliphatic carbocycles. The molecule has 26 heavy (non-hydrogen) atoms. The maximum Gasteiger partial charge on any atom is 0.254 e. The topological polar surface area (TPSA) is 95.9 Å². The summed E-state index contributed by atoms with van der Waals surface area (Å²) in [5.41, 5.74) is 3.22. The standard InChI is InChI=1S/C19H26N2O5/c1-12(2)8-14(11-18(23)20-25)17(22)10-15-9-13-6-4-5-7-16(13)21(26-3)19(15)24/h4-7,12,14-15,25H,8-11H2,1-3H3,(H,20,23)/t14-,15-/m1/s1. The number of carbonyl (C=O) groups excluding carboxylic acids is 3. The summed E-state index contributed by atoms with van der Waals surface area (Å²) in [7, 11) is 1.42. The third kappa shape index (κ3) is 4.68. The number of nitrogens with zero attached hydrogens (tertiary/aromatic N) is 1. The Morgan fingerprint density at radius 1 is 1.35 bits per heavy atom. The van der Waals surface area contributed by atoms with Crippen molar-refractivity contribution in [2.24, 2.45) is 17.8 Å². The van der Waals surface area contributed by atoms with Crippen molar-refractivity contribution in [3.8, 4) is 0 Å². The molecule has 0 radical (unpaired) electrons. The van der Waals surface area contributed by atoms with Crippen LogP contribution in [0.2, 0.25) is 0 Å². The van der Waals surface area contributed by atoms with Gasteiger partial charge in [-0.05, 0) is 30.4 Å². The van der Waals surface area contributed by atoms with Crippen LogP contribution in [0.1, 0.15) is 38.7 Å². The molecule has 0 saturated heterocycles. The zero-order valence-electron chi connectivity index (χ0n) is 15.4. The van der Waals surface area contributed by atoms with Crippen LogP contribution in [0, 0.1) is 17.8 Å². The monoisotopic (exact) mass is 362 g/mol. The largest absolute Gasteiger partial charge is 0.299 e. The number of fused-ring (bicyclic) bond motifs is 1. The Balaban J connectivity index is 2.16. The van der Waals surface area contributed by atoms with Gasteiger partial charge in [0.1, 0.15) is 5.78 Å². The fraction of sp³-hybridized carbons (Fsp3) is 0.526. The van der Waals surface area contributed by atoms with Gasteiger partial charge in [0.05, 0.1) is 18.7 Å². The average molecular weight is 362 g/mol. The number of hydrogen-bond donors (Lipinski definition) is 2. The van der Waals surface area contributed by atoms with Crippen molar-refractivity contribution in [3.63, 3.8) is 0 Å². The maximum absolute atomic E-state index is 12.8. The molecule has 1 aliphatic heterocycles. The molecule has 7 nitrogen and oxygen atoms in total. The lowest BCUT2D eigenvalue weighted by Crippen LogP contribution is -2.42. The van der Waals surface area contributed by atoms with Crippen LogP contribution in [0.25, 0.3) is 0 Å². The predicted octanol–water partition coefficient (Wildman–Crippen LogP) is 2.27. The summed E-state index contributed by atoms with van der Waals surface area (Å²) < 4.78 is 0. The van der Waals surface area contributed by atoms with Crippen LogP contribution in [0.15, 0.2) is 24.3 Å². The van der Waals surface area contributed by atoms with Gasteiger partial charge in [-0.3, -0.25) is 24.4 Å². The first-order valence-corrected chi connectivity index (χ1v) is 8.79. The van der Waals surface area contributed by atoms with E-state index in [-0.39, 0.29) is 30.4 Å². The van der Waals surface area contributed by atoms with Crippen molar-refractivity contribution in [2.45, 2.75) is 39.5 Å². The molecule has 2 N–H and O–H groups in total. The first kappa shape index (κ1) is 20.1. The zero-order valence-corrected chi connectivity index (χ0v) is 15.4. The number of rotatable bonds is 8. The van der Waals surface area contributed by atoms with E-state index in [2.05, 4.69) is 0 Å². The van der Waals surface area contributed by atoms with Crippen molar-refractivity contribution in [2.75, 3.05) is 12.2 Å². The summed E-state index contributed by atoms with van der Waals surface area (Å²) in [5, 5.41) is 9.98. The Bertz CT molecular complexity index is 674. The summed E-state index contributed by atoms with van der Waals surface area (Å²) in [6, 6.07) is 7.43. The van der Waals surface area contributed by atoms with E-state index in [0.717, 1.165) is 5.56 Å². The van der Waals surface area contributed by atoms with E-state index in [0.29, 0.717) is 18.5 Å². The molecule has 0 fully saturated rings. The lowest BCUT2D eigenvalue weighted by atomic mass is 9.82. The minimum absolute atomic E-state index is 0.0448. The highest BCUT2D eigenvalue weighted by Crippen LogP contribution is 2.33. The molecule has 0 spiro atoms. The van der Waals surface area contributed by atoms with Crippen molar-refractivity contribution < 1.29 is 24.4 Å². The number of hydrogen-bond acceptors (Lipinski definition) is 5. The van der Waals surface area contributed by atoms with Crippen molar-refractivity contribution in [1.82, 2.24) is 5.48 Å². The number of ketones is 1. The average Bonchev–Trinajstić information content (AvgIpc) is 2.61. The summed E-state index contributed by atoms with van der Waals surface area (Å²) in [6.07, 6.45) is 0.946. The molecule has 2 rings (SSSR count). The van der Waals surface area contributed by atoms with Gasteiger partial charge < -0.3 is 0 Å². The molecule has 0 bridgehead atoms. The number of carbonyl (C=O) groups is 3. The van der Waals surface area contributed by atoms with E-state index in [1.807, 2.05) is 38.1 Å². The molecule has 0 aromatic heterocycles. The second-order valence-corrected chi connectivity index (χ2v) is 7.08. The summed E-state index contributed by atoms with van der Waals surface area (Å²) >= 11 is 0. The maximum atomic E-state index is 12.8. The van der Waals surface area contributed by atoms with Crippen LogP contribution in [-0.2, 0) is 25.6 Å². The Hall–Kier alpha value is -2.25. The highest BCUT2D eigenvalue weighted by Gasteiger charge is 2.36. The van der Waals surface area contributed by atoms with Crippen LogP contribution >= 0.6 is 0 Å². The lowest BCUT2D eigenvalue weighted by molar-refractivity contribution is -0.136. The van der Waals surface area contributed by atoms with Crippen LogP contribution in [0.4, 0.5) is 5.69 Å². The normalized spacial score (nSPS) is 17.8. The zero-order chi connectivity index (χ0) is 19.3. The van der Waals surface area contributed by atoms with Crippen LogP contribution in [0.3, 0.4) is 0 Å². The van der Waals surface area contributed by atoms with E-state index in [9.17, 15) is 14.4 Å². The highest BCUT2D eigenvalue weighted by molar-refractivity contribution is 5.99. The van der Waals surface area contributed by atoms with E-state index in [4.69, 9.17) is 10.0 Å². The van der Waals surface area contributed by atoms with Gasteiger partial charge in [0, 0.05) is 18.8 Å². The lowest BCUT2D eigenvalue weighted by Gasteiger charge is -2.32. The van der Waals surface area contributed by atoms with Gasteiger partial charge in [0.2, 0.25) is 5.91 Å². The fourth-order valence-electron chi connectivity index (χ4n) is 3.44. The van der Waals surface area contributed by atoms with E-state index in [1.54, 1.807) is 5.48 Å². The molecule has 7 heteroatoms. The number of para-hydroxylation sites is 1. The number of amides is 2. The molecule has 1 aromatic carbocycles. The van der Waals surface area contributed by atoms with Crippen LogP contribution in [-0.4, -0.2) is 29.9 Å². The fourth-order valence-corrected chi connectivity index (χ4v) is 3.44. The minimum Gasteiger partial charge on any atom is -0.299 e. The van der Waals surface area contributed by atoms with Gasteiger partial charge in [0.15, 0.2) is 0 Å². The Kier molecular flexibility index (Phi) is 6.88. The summed E-state index contributed by atoms with van der Waals surface area (Å²) in [5.74, 6) is -1.82. The van der Waals surface area contributed by atoms with Gasteiger partial charge in [-0.2, -0.15) is 5.06 Å². The molecule has 1 heterocycles. The second-order valence-electron chi connectivity index (χ2n) is 7.08. The van der Waals surface area contributed by atoms with Gasteiger partial charge in [0.25, 0.3) is 5.91 Å². The SMILES string of the molecule is CON1C(=O)[C@@H](CC(=O)[C@@H](CC(=O)NO)CC(C)C)Cc2ccccc21. The van der Waals surface area contributed by atoms with Gasteiger partial charge in [-0.1, -0.05) is 32.0 Å². The molecule has 2 amide bonds. The number of benzene rings is 1. The number of anilines is 1. The molecule has 0 saturated carbocycles. The van der Waals surface area contributed by atoms with Crippen molar-refractivity contribution >= 4 is 23.3 Å². The second kappa shape index (κ2) is 8.91. The quantitative estimate of drug-likeness (QED) is 0.546. The van der Waals surface area contributed by atoms with Crippen molar-refractivity contribution in [1.29, 1.82) is 0 Å². The number of Topliss-reactive ketones (excluding diaryl/α,β-unsaturated/α-hetero) is 1. The molecule has 142 valence electrons. The van der Waals surface area contributed by atoms with Crippen molar-refractivity contribution in [3.05, 3.63) is 29.8 Å². The van der Waals surface area contributed by atoms with Gasteiger partial charge in [-0.25, -0.2) is 5.48 Å². The van der Waals surface area contributed by atoms with Crippen LogP contribution in [0.5, 0.6) is 0 Å². The van der Waals surface area contributed by atoms with E-state index >= 15 is 0 Å². The van der Waals surface area contributed by atoms with E-state index in [1.165, 1.54) is 12.2 Å². The molecule has 1 aliphatic rings. The summed E-state index contributed by atoms with van der Waals surface area (Å²) in [6.45, 7) is 3.93. The smallest absolute Gasteiger partial charge is 0.254 e. The summed E-state index contributed by atoms with van der Waals surface area (Å²) in [4.78, 5) is 42.2. The third-order valence-electron chi connectivity index (χ3n) is 4.62. The molecule has 0 unspecified atom stereocenters. The molecular weight excluding hydrogens is 336 g/mol. The first-order valence-electron chi connectivity index (χ1n) is 8.79. The number of nitrogens with one attached hydrogen (secondary N) is 1. The minimum atomic E-state index is -0.595. The third-order valence-corrected chi connectivity index (χ3v) is 4.62. The highest BCUT2D eigenvalue weighted by atomic mass is 16.7. The molecular formula is C19H26N2O5. The first-order chi connectivity index (χ1) is 12.4. The van der Waals surface area contributed by atoms with Gasteiger partial charge in [-0.15, -0.1) is 0 Å². The molecule has 1 aromatic rings. The van der Waals surface area contributed by atoms with E-state index < -0.39 is 17.7 Å². The Morgan fingerprint density at radius 2 is 2.04 bits per heavy atom.